The number of carboxylic acids is 1. The van der Waals surface area contributed by atoms with Crippen LogP contribution in [-0.2, 0) is 4.79 Å². The van der Waals surface area contributed by atoms with Crippen molar-refractivity contribution in [1.29, 1.82) is 0 Å². The van der Waals surface area contributed by atoms with Crippen LogP contribution >= 0.6 is 0 Å². The second-order valence-electron chi connectivity index (χ2n) is 5.53. The van der Waals surface area contributed by atoms with E-state index in [0.29, 0.717) is 12.8 Å². The Labute approximate surface area is 122 Å². The van der Waals surface area contributed by atoms with Crippen LogP contribution in [0.15, 0.2) is 27.6 Å². The van der Waals surface area contributed by atoms with Gasteiger partial charge in [0.25, 0.3) is 5.91 Å². The molecule has 1 heterocycles. The Hall–Kier alpha value is -2.11. The largest absolute Gasteiger partial charge is 0.481 e. The molecule has 0 bridgehead atoms. The van der Waals surface area contributed by atoms with Crippen molar-refractivity contribution in [3.05, 3.63) is 34.4 Å². The van der Waals surface area contributed by atoms with Crippen molar-refractivity contribution in [2.75, 3.05) is 6.54 Å². The zero-order valence-corrected chi connectivity index (χ0v) is 11.8. The first-order chi connectivity index (χ1) is 10.0. The van der Waals surface area contributed by atoms with E-state index in [9.17, 15) is 19.5 Å². The summed E-state index contributed by atoms with van der Waals surface area (Å²) >= 11 is 0. The van der Waals surface area contributed by atoms with Crippen LogP contribution in [0.1, 0.15) is 48.9 Å². The van der Waals surface area contributed by atoms with Crippen LogP contribution in [0, 0.1) is 5.41 Å². The van der Waals surface area contributed by atoms with E-state index >= 15 is 0 Å². The van der Waals surface area contributed by atoms with Gasteiger partial charge in [-0.1, -0.05) is 25.7 Å². The highest BCUT2D eigenvalue weighted by atomic mass is 16.4. The molecule has 2 N–H and O–H groups in total. The molecule has 1 saturated carbocycles. The number of amides is 1. The van der Waals surface area contributed by atoms with Crippen LogP contribution in [0.5, 0.6) is 0 Å². The van der Waals surface area contributed by atoms with Gasteiger partial charge in [0.2, 0.25) is 0 Å². The molecule has 1 aliphatic carbocycles. The molecule has 2 rings (SSSR count). The molecule has 0 radical (unpaired) electrons. The summed E-state index contributed by atoms with van der Waals surface area (Å²) in [7, 11) is 0. The van der Waals surface area contributed by atoms with Crippen LogP contribution in [0.4, 0.5) is 0 Å². The third-order valence-electron chi connectivity index (χ3n) is 4.06. The molecule has 1 aliphatic rings. The summed E-state index contributed by atoms with van der Waals surface area (Å²) in [4.78, 5) is 34.4. The van der Waals surface area contributed by atoms with Crippen molar-refractivity contribution < 1.29 is 19.1 Å². The Morgan fingerprint density at radius 3 is 2.38 bits per heavy atom. The van der Waals surface area contributed by atoms with Gasteiger partial charge in [0.1, 0.15) is 6.26 Å². The summed E-state index contributed by atoms with van der Waals surface area (Å²) in [6.45, 7) is 0.0975. The Balaban J connectivity index is 2.04. The SMILES string of the molecule is O=C(NCC1(C(=O)O)CCCCCC1)c1ccc(=O)oc1. The first-order valence-electron chi connectivity index (χ1n) is 7.14. The summed E-state index contributed by atoms with van der Waals surface area (Å²) in [5.41, 5.74) is -1.21. The zero-order valence-electron chi connectivity index (χ0n) is 11.8. The van der Waals surface area contributed by atoms with Crippen LogP contribution in [0.2, 0.25) is 0 Å². The topological polar surface area (TPSA) is 96.6 Å². The monoisotopic (exact) mass is 293 g/mol. The zero-order chi connectivity index (χ0) is 15.3. The van der Waals surface area contributed by atoms with E-state index in [2.05, 4.69) is 9.73 Å². The second-order valence-corrected chi connectivity index (χ2v) is 5.53. The number of rotatable bonds is 4. The van der Waals surface area contributed by atoms with Gasteiger partial charge < -0.3 is 14.8 Å². The van der Waals surface area contributed by atoms with E-state index in [1.807, 2.05) is 0 Å². The average molecular weight is 293 g/mol. The molecular formula is C15H19NO5. The van der Waals surface area contributed by atoms with Gasteiger partial charge in [-0.25, -0.2) is 4.79 Å². The fourth-order valence-electron chi connectivity index (χ4n) is 2.71. The summed E-state index contributed by atoms with van der Waals surface area (Å²) < 4.78 is 4.63. The Bertz CT molecular complexity index is 549. The fraction of sp³-hybridized carbons (Fsp3) is 0.533. The highest BCUT2D eigenvalue weighted by Gasteiger charge is 2.38. The molecule has 6 nitrogen and oxygen atoms in total. The quantitative estimate of drug-likeness (QED) is 0.825. The number of hydrogen-bond donors (Lipinski definition) is 2. The summed E-state index contributed by atoms with van der Waals surface area (Å²) in [6, 6.07) is 2.52. The first kappa shape index (κ1) is 15.3. The smallest absolute Gasteiger partial charge is 0.335 e. The van der Waals surface area contributed by atoms with Crippen molar-refractivity contribution in [3.8, 4) is 0 Å². The molecule has 1 aromatic rings. The molecule has 1 aromatic heterocycles. The average Bonchev–Trinajstić information content (AvgIpc) is 2.72. The van der Waals surface area contributed by atoms with Gasteiger partial charge in [-0.05, 0) is 18.9 Å². The lowest BCUT2D eigenvalue weighted by Crippen LogP contribution is -2.42. The number of carbonyl (C=O) groups excluding carboxylic acids is 1. The highest BCUT2D eigenvalue weighted by Crippen LogP contribution is 2.34. The lowest BCUT2D eigenvalue weighted by molar-refractivity contribution is -0.149. The van der Waals surface area contributed by atoms with E-state index in [-0.39, 0.29) is 12.1 Å². The van der Waals surface area contributed by atoms with E-state index < -0.39 is 22.9 Å². The van der Waals surface area contributed by atoms with Crippen LogP contribution < -0.4 is 10.9 Å². The molecule has 0 aromatic carbocycles. The van der Waals surface area contributed by atoms with E-state index in [1.54, 1.807) is 0 Å². The van der Waals surface area contributed by atoms with Crippen LogP contribution in [-0.4, -0.2) is 23.5 Å². The standard InChI is InChI=1S/C15H19NO5/c17-12-6-5-11(9-21-12)13(18)16-10-15(14(19)20)7-3-1-2-4-8-15/h5-6,9H,1-4,7-8,10H2,(H,16,18)(H,19,20). The number of carboxylic acid groups (broad SMARTS) is 1. The first-order valence-corrected chi connectivity index (χ1v) is 7.14. The van der Waals surface area contributed by atoms with Gasteiger partial charge in [-0.2, -0.15) is 0 Å². The maximum absolute atomic E-state index is 12.0. The fourth-order valence-corrected chi connectivity index (χ4v) is 2.71. The molecule has 0 atom stereocenters. The molecule has 0 unspecified atom stereocenters. The molecule has 0 aliphatic heterocycles. The van der Waals surface area contributed by atoms with E-state index in [1.165, 1.54) is 6.07 Å². The molecule has 0 saturated heterocycles. The lowest BCUT2D eigenvalue weighted by Gasteiger charge is -2.28. The normalized spacial score (nSPS) is 17.7. The molecule has 114 valence electrons. The number of aliphatic carboxylic acids is 1. The highest BCUT2D eigenvalue weighted by molar-refractivity contribution is 5.94. The molecular weight excluding hydrogens is 274 g/mol. The molecule has 6 heteroatoms. The minimum absolute atomic E-state index is 0.0975. The van der Waals surface area contributed by atoms with Crippen molar-refractivity contribution >= 4 is 11.9 Å². The van der Waals surface area contributed by atoms with Gasteiger partial charge in [-0.15, -0.1) is 0 Å². The maximum Gasteiger partial charge on any atom is 0.335 e. The Morgan fingerprint density at radius 1 is 1.19 bits per heavy atom. The van der Waals surface area contributed by atoms with Crippen molar-refractivity contribution in [1.82, 2.24) is 5.32 Å². The maximum atomic E-state index is 12.0. The number of carbonyl (C=O) groups is 2. The van der Waals surface area contributed by atoms with Gasteiger partial charge in [0, 0.05) is 12.6 Å². The Morgan fingerprint density at radius 2 is 1.86 bits per heavy atom. The number of hydrogen-bond acceptors (Lipinski definition) is 4. The van der Waals surface area contributed by atoms with Crippen molar-refractivity contribution in [3.63, 3.8) is 0 Å². The predicted octanol–water partition coefficient (Wildman–Crippen LogP) is 1.79. The second kappa shape index (κ2) is 6.56. The number of nitrogens with one attached hydrogen (secondary N) is 1. The van der Waals surface area contributed by atoms with E-state index in [0.717, 1.165) is 38.0 Å². The third-order valence-corrected chi connectivity index (χ3v) is 4.06. The molecule has 1 fully saturated rings. The van der Waals surface area contributed by atoms with Crippen LogP contribution in [0.3, 0.4) is 0 Å². The van der Waals surface area contributed by atoms with Crippen molar-refractivity contribution in [2.45, 2.75) is 38.5 Å². The summed E-state index contributed by atoms with van der Waals surface area (Å²) in [5, 5.41) is 12.2. The van der Waals surface area contributed by atoms with Crippen molar-refractivity contribution in [2.24, 2.45) is 5.41 Å². The summed E-state index contributed by atoms with van der Waals surface area (Å²) in [6.07, 6.45) is 6.03. The Kier molecular flexibility index (Phi) is 4.77. The van der Waals surface area contributed by atoms with E-state index in [4.69, 9.17) is 0 Å². The van der Waals surface area contributed by atoms with Gasteiger partial charge in [-0.3, -0.25) is 9.59 Å². The molecule has 21 heavy (non-hydrogen) atoms. The van der Waals surface area contributed by atoms with Gasteiger partial charge in [0.15, 0.2) is 0 Å². The summed E-state index contributed by atoms with van der Waals surface area (Å²) in [5.74, 6) is -1.28. The predicted molar refractivity (Wildman–Crippen MR) is 75.1 cm³/mol. The molecule has 0 spiro atoms. The molecule has 1 amide bonds. The minimum Gasteiger partial charge on any atom is -0.481 e. The van der Waals surface area contributed by atoms with Gasteiger partial charge in [0.05, 0.1) is 11.0 Å². The van der Waals surface area contributed by atoms with Gasteiger partial charge >= 0.3 is 11.6 Å². The van der Waals surface area contributed by atoms with Crippen LogP contribution in [0.25, 0.3) is 0 Å². The lowest BCUT2D eigenvalue weighted by atomic mass is 9.80. The minimum atomic E-state index is -0.887. The third kappa shape index (κ3) is 3.71.